The van der Waals surface area contributed by atoms with E-state index in [2.05, 4.69) is 56.6 Å². The molecule has 1 aliphatic rings. The lowest BCUT2D eigenvalue weighted by molar-refractivity contribution is -0.143. The Kier molecular flexibility index (Phi) is 15.3. The first kappa shape index (κ1) is 27.4. The third-order valence-corrected chi connectivity index (χ3v) is 3.99. The lowest BCUT2D eigenvalue weighted by atomic mass is 9.98. The summed E-state index contributed by atoms with van der Waals surface area (Å²) in [6, 6.07) is 8.11. The molecule has 0 spiro atoms. The number of rotatable bonds is 7. The molecule has 1 aliphatic heterocycles. The molecule has 0 bridgehead atoms. The number of hydrogen-bond acceptors (Lipinski definition) is 4. The SMILES string of the molecule is CC(C)C.CCC.CN(C)CCOc1ccc(CN2CCCC(C(=O)O)C2)cc1. The Labute approximate surface area is 179 Å². The third kappa shape index (κ3) is 15.0. The molecule has 2 rings (SSSR count). The Balaban J connectivity index is 0.000000975. The molecule has 0 aromatic heterocycles. The van der Waals surface area contributed by atoms with Gasteiger partial charge in [-0.15, -0.1) is 0 Å². The van der Waals surface area contributed by atoms with Crippen LogP contribution in [-0.2, 0) is 11.3 Å². The molecule has 1 aromatic rings. The van der Waals surface area contributed by atoms with E-state index in [1.54, 1.807) is 0 Å². The normalized spacial score (nSPS) is 16.5. The van der Waals surface area contributed by atoms with Crippen LogP contribution in [0.4, 0.5) is 0 Å². The first-order chi connectivity index (χ1) is 13.7. The highest BCUT2D eigenvalue weighted by Crippen LogP contribution is 2.20. The van der Waals surface area contributed by atoms with Crippen LogP contribution in [0.5, 0.6) is 5.75 Å². The summed E-state index contributed by atoms with van der Waals surface area (Å²) in [5.74, 6) is 0.824. The van der Waals surface area contributed by atoms with Crippen LogP contribution in [-0.4, -0.2) is 61.2 Å². The Bertz CT molecular complexity index is 527. The highest BCUT2D eigenvalue weighted by atomic mass is 16.5. The van der Waals surface area contributed by atoms with E-state index in [1.807, 2.05) is 26.2 Å². The molecule has 1 unspecified atom stereocenters. The van der Waals surface area contributed by atoms with E-state index in [0.717, 1.165) is 44.1 Å². The Morgan fingerprint density at radius 3 is 2.24 bits per heavy atom. The minimum Gasteiger partial charge on any atom is -0.492 e. The molecule has 1 atom stereocenters. The number of carbonyl (C=O) groups is 1. The van der Waals surface area contributed by atoms with E-state index in [0.29, 0.717) is 13.2 Å². The zero-order valence-corrected chi connectivity index (χ0v) is 19.8. The van der Waals surface area contributed by atoms with E-state index >= 15 is 0 Å². The smallest absolute Gasteiger partial charge is 0.307 e. The monoisotopic (exact) mass is 408 g/mol. The maximum absolute atomic E-state index is 11.1. The maximum atomic E-state index is 11.1. The van der Waals surface area contributed by atoms with Gasteiger partial charge in [-0.2, -0.15) is 0 Å². The fraction of sp³-hybridized carbons (Fsp3) is 0.708. The summed E-state index contributed by atoms with van der Waals surface area (Å²) in [5.41, 5.74) is 1.20. The van der Waals surface area contributed by atoms with Crippen molar-refractivity contribution in [1.82, 2.24) is 9.80 Å². The second-order valence-corrected chi connectivity index (χ2v) is 8.65. The van der Waals surface area contributed by atoms with Gasteiger partial charge in [0.1, 0.15) is 12.4 Å². The van der Waals surface area contributed by atoms with Gasteiger partial charge in [0, 0.05) is 19.6 Å². The van der Waals surface area contributed by atoms with Crippen molar-refractivity contribution in [2.75, 3.05) is 40.3 Å². The topological polar surface area (TPSA) is 53.0 Å². The molecule has 0 radical (unpaired) electrons. The molecule has 0 aliphatic carbocycles. The fourth-order valence-electron chi connectivity index (χ4n) is 2.70. The number of likely N-dealkylation sites (tertiary alicyclic amines) is 1. The maximum Gasteiger partial charge on any atom is 0.307 e. The summed E-state index contributed by atoms with van der Waals surface area (Å²) in [6.07, 6.45) is 3.01. The quantitative estimate of drug-likeness (QED) is 0.688. The van der Waals surface area contributed by atoms with Crippen LogP contribution >= 0.6 is 0 Å². The fourth-order valence-corrected chi connectivity index (χ4v) is 2.70. The molecule has 1 aromatic carbocycles. The van der Waals surface area contributed by atoms with Crippen molar-refractivity contribution < 1.29 is 14.6 Å². The highest BCUT2D eigenvalue weighted by molar-refractivity contribution is 5.70. The van der Waals surface area contributed by atoms with Gasteiger partial charge >= 0.3 is 5.97 Å². The number of hydrogen-bond donors (Lipinski definition) is 1. The van der Waals surface area contributed by atoms with Crippen molar-refractivity contribution in [1.29, 1.82) is 0 Å². The standard InChI is InChI=1S/C17H26N2O3.C4H10.C3H8/c1-18(2)10-11-22-16-7-5-14(6-8-16)12-19-9-3-4-15(13-19)17(20)21;1-4(2)3;1-3-2/h5-8,15H,3-4,9-13H2,1-2H3,(H,20,21);4H,1-3H3;3H2,1-2H3. The molecule has 168 valence electrons. The van der Waals surface area contributed by atoms with Crippen molar-refractivity contribution in [2.24, 2.45) is 11.8 Å². The van der Waals surface area contributed by atoms with Gasteiger partial charge in [-0.05, 0) is 57.1 Å². The van der Waals surface area contributed by atoms with Gasteiger partial charge in [-0.1, -0.05) is 53.2 Å². The number of carboxylic acids is 1. The second kappa shape index (κ2) is 16.2. The second-order valence-electron chi connectivity index (χ2n) is 8.65. The lowest BCUT2D eigenvalue weighted by Gasteiger charge is -2.30. The van der Waals surface area contributed by atoms with Crippen molar-refractivity contribution in [2.45, 2.75) is 60.4 Å². The highest BCUT2D eigenvalue weighted by Gasteiger charge is 2.25. The molecule has 5 nitrogen and oxygen atoms in total. The van der Waals surface area contributed by atoms with Gasteiger partial charge in [-0.3, -0.25) is 9.69 Å². The molecule has 1 fully saturated rings. The predicted octanol–water partition coefficient (Wildman–Crippen LogP) is 5.00. The number of aliphatic carboxylic acids is 1. The average Bonchev–Trinajstić information content (AvgIpc) is 2.63. The molecule has 0 saturated carbocycles. The summed E-state index contributed by atoms with van der Waals surface area (Å²) in [5, 5.41) is 9.13. The molecule has 0 amide bonds. The molecule has 1 N–H and O–H groups in total. The van der Waals surface area contributed by atoms with Crippen LogP contribution in [0.2, 0.25) is 0 Å². The van der Waals surface area contributed by atoms with Crippen molar-refractivity contribution in [3.05, 3.63) is 29.8 Å². The zero-order chi connectivity index (χ0) is 22.2. The number of piperidine rings is 1. The molecule has 1 saturated heterocycles. The summed E-state index contributed by atoms with van der Waals surface area (Å²) in [4.78, 5) is 15.4. The van der Waals surface area contributed by atoms with Gasteiger partial charge in [0.2, 0.25) is 0 Å². The number of likely N-dealkylation sites (N-methyl/N-ethyl adjacent to an activating group) is 1. The molecule has 29 heavy (non-hydrogen) atoms. The van der Waals surface area contributed by atoms with Crippen molar-refractivity contribution >= 4 is 5.97 Å². The minimum absolute atomic E-state index is 0.220. The Morgan fingerprint density at radius 2 is 1.76 bits per heavy atom. The van der Waals surface area contributed by atoms with Crippen molar-refractivity contribution in [3.8, 4) is 5.75 Å². The number of carboxylic acid groups (broad SMARTS) is 1. The van der Waals surface area contributed by atoms with E-state index in [1.165, 1.54) is 12.0 Å². The van der Waals surface area contributed by atoms with Crippen LogP contribution in [0.25, 0.3) is 0 Å². The van der Waals surface area contributed by atoms with Crippen LogP contribution in [0.1, 0.15) is 59.4 Å². The van der Waals surface area contributed by atoms with E-state index in [9.17, 15) is 4.79 Å². The lowest BCUT2D eigenvalue weighted by Crippen LogP contribution is -2.38. The minimum atomic E-state index is -0.672. The molecular formula is C24H44N2O3. The van der Waals surface area contributed by atoms with Crippen LogP contribution in [0.15, 0.2) is 24.3 Å². The summed E-state index contributed by atoms with van der Waals surface area (Å²) in [7, 11) is 4.05. The van der Waals surface area contributed by atoms with Crippen molar-refractivity contribution in [3.63, 3.8) is 0 Å². The van der Waals surface area contributed by atoms with E-state index in [-0.39, 0.29) is 5.92 Å². The summed E-state index contributed by atoms with van der Waals surface area (Å²) >= 11 is 0. The van der Waals surface area contributed by atoms with Crippen LogP contribution < -0.4 is 4.74 Å². The number of ether oxygens (including phenoxy) is 1. The van der Waals surface area contributed by atoms with Gasteiger partial charge < -0.3 is 14.7 Å². The van der Waals surface area contributed by atoms with Gasteiger partial charge in [0.25, 0.3) is 0 Å². The molecular weight excluding hydrogens is 364 g/mol. The number of nitrogens with zero attached hydrogens (tertiary/aromatic N) is 2. The molecule has 5 heteroatoms. The molecule has 1 heterocycles. The summed E-state index contributed by atoms with van der Waals surface area (Å²) < 4.78 is 5.68. The van der Waals surface area contributed by atoms with Gasteiger partial charge in [0.05, 0.1) is 5.92 Å². The van der Waals surface area contributed by atoms with E-state index in [4.69, 9.17) is 9.84 Å². The van der Waals surface area contributed by atoms with Gasteiger partial charge in [-0.25, -0.2) is 0 Å². The van der Waals surface area contributed by atoms with Crippen LogP contribution in [0.3, 0.4) is 0 Å². The zero-order valence-electron chi connectivity index (χ0n) is 19.8. The third-order valence-electron chi connectivity index (χ3n) is 3.99. The first-order valence-electron chi connectivity index (χ1n) is 11.0. The number of benzene rings is 1. The Morgan fingerprint density at radius 1 is 1.21 bits per heavy atom. The Hall–Kier alpha value is -1.59. The average molecular weight is 409 g/mol. The predicted molar refractivity (Wildman–Crippen MR) is 123 cm³/mol. The van der Waals surface area contributed by atoms with E-state index < -0.39 is 5.97 Å². The summed E-state index contributed by atoms with van der Waals surface area (Å²) in [6.45, 7) is 14.8. The van der Waals surface area contributed by atoms with Crippen LogP contribution in [0, 0.1) is 11.8 Å². The largest absolute Gasteiger partial charge is 0.492 e. The van der Waals surface area contributed by atoms with Gasteiger partial charge in [0.15, 0.2) is 0 Å². The first-order valence-corrected chi connectivity index (χ1v) is 11.0.